The highest BCUT2D eigenvalue weighted by atomic mass is 16.6. The molecule has 5 heteroatoms. The van der Waals surface area contributed by atoms with Crippen LogP contribution < -0.4 is 5.32 Å². The molecule has 1 aromatic carbocycles. The van der Waals surface area contributed by atoms with Crippen LogP contribution in [0.3, 0.4) is 0 Å². The zero-order chi connectivity index (χ0) is 18.1. The number of benzene rings is 1. The van der Waals surface area contributed by atoms with Crippen molar-refractivity contribution in [2.24, 2.45) is 5.92 Å². The number of hydrogen-bond acceptors (Lipinski definition) is 2. The second kappa shape index (κ2) is 9.96. The van der Waals surface area contributed by atoms with Gasteiger partial charge >= 0.3 is 6.16 Å². The third-order valence-corrected chi connectivity index (χ3v) is 4.64. The number of amides is 1. The number of carbonyl (C=O) groups excluding carboxylic acids is 1. The molecule has 0 radical (unpaired) electrons. The molecule has 0 unspecified atom stereocenters. The summed E-state index contributed by atoms with van der Waals surface area (Å²) in [6.45, 7) is 6.44. The van der Waals surface area contributed by atoms with Crippen LogP contribution in [0.2, 0.25) is 0 Å². The van der Waals surface area contributed by atoms with E-state index in [1.165, 1.54) is 30.4 Å². The molecule has 134 valence electrons. The van der Waals surface area contributed by atoms with E-state index >= 15 is 0 Å². The summed E-state index contributed by atoms with van der Waals surface area (Å²) in [7, 11) is 0. The molecule has 5 nitrogen and oxygen atoms in total. The molecule has 1 fully saturated rings. The second-order valence-electron chi connectivity index (χ2n) is 6.58. The van der Waals surface area contributed by atoms with E-state index in [1.54, 1.807) is 0 Å². The van der Waals surface area contributed by atoms with Crippen molar-refractivity contribution >= 4 is 12.1 Å². The van der Waals surface area contributed by atoms with E-state index in [2.05, 4.69) is 44.3 Å². The Bertz CT molecular complexity index is 544. The summed E-state index contributed by atoms with van der Waals surface area (Å²) in [5, 5.41) is 17.2. The smallest absolute Gasteiger partial charge is 0.450 e. The third kappa shape index (κ3) is 7.49. The molecule has 0 aromatic heterocycles. The molecule has 2 rings (SSSR count). The molecular weight excluding hydrogens is 306 g/mol. The summed E-state index contributed by atoms with van der Waals surface area (Å²) >= 11 is 0. The Morgan fingerprint density at radius 2 is 1.71 bits per heavy atom. The Kier molecular flexibility index (Phi) is 8.30. The topological polar surface area (TPSA) is 86.6 Å². The summed E-state index contributed by atoms with van der Waals surface area (Å²) in [6, 6.07) is 6.71. The fraction of sp³-hybridized carbons (Fsp3) is 0.579. The monoisotopic (exact) mass is 335 g/mol. The van der Waals surface area contributed by atoms with Crippen molar-refractivity contribution in [2.75, 3.05) is 0 Å². The van der Waals surface area contributed by atoms with Crippen LogP contribution in [0.5, 0.6) is 0 Å². The highest BCUT2D eigenvalue weighted by Gasteiger charge is 2.21. The Balaban J connectivity index is 0.000000648. The quantitative estimate of drug-likeness (QED) is 0.771. The predicted molar refractivity (Wildman–Crippen MR) is 94.5 cm³/mol. The van der Waals surface area contributed by atoms with Crippen molar-refractivity contribution in [2.45, 2.75) is 65.3 Å². The molecule has 1 aromatic rings. The molecule has 0 aliphatic heterocycles. The lowest BCUT2D eigenvalue weighted by molar-refractivity contribution is -0.121. The normalized spacial score (nSPS) is 19.8. The summed E-state index contributed by atoms with van der Waals surface area (Å²) in [4.78, 5) is 20.7. The van der Waals surface area contributed by atoms with Crippen LogP contribution in [-0.4, -0.2) is 28.3 Å². The maximum Gasteiger partial charge on any atom is 0.503 e. The van der Waals surface area contributed by atoms with Crippen molar-refractivity contribution < 1.29 is 19.8 Å². The Hall–Kier alpha value is -2.04. The molecule has 1 aliphatic rings. The Morgan fingerprint density at radius 3 is 2.21 bits per heavy atom. The summed E-state index contributed by atoms with van der Waals surface area (Å²) in [5.41, 5.74) is 3.62. The lowest BCUT2D eigenvalue weighted by Crippen LogP contribution is -2.38. The van der Waals surface area contributed by atoms with E-state index < -0.39 is 6.16 Å². The average Bonchev–Trinajstić information content (AvgIpc) is 2.50. The number of nitrogens with one attached hydrogen (secondary N) is 1. The van der Waals surface area contributed by atoms with Crippen LogP contribution in [0.25, 0.3) is 0 Å². The van der Waals surface area contributed by atoms with Crippen LogP contribution in [0.1, 0.15) is 55.7 Å². The lowest BCUT2D eigenvalue weighted by atomic mass is 9.84. The molecule has 1 saturated carbocycles. The molecule has 24 heavy (non-hydrogen) atoms. The predicted octanol–water partition coefficient (Wildman–Crippen LogP) is 4.15. The van der Waals surface area contributed by atoms with Gasteiger partial charge in [-0.25, -0.2) is 4.79 Å². The van der Waals surface area contributed by atoms with E-state index in [0.29, 0.717) is 12.5 Å². The van der Waals surface area contributed by atoms with E-state index in [0.717, 1.165) is 24.3 Å². The standard InChI is InChI=1S/C18H27NO.CH2O3/c1-4-15-6-9-17(10-7-15)19-18(20)12-16-8-5-13(2)11-14(16)3;2-1(3)4/h5,8,11,15,17H,4,6-7,9-10,12H2,1-3H3,(H,19,20);(H2,2,3,4). The van der Waals surface area contributed by atoms with Gasteiger partial charge in [-0.3, -0.25) is 4.79 Å². The van der Waals surface area contributed by atoms with Gasteiger partial charge in [0.1, 0.15) is 0 Å². The van der Waals surface area contributed by atoms with Crippen molar-refractivity contribution in [1.82, 2.24) is 5.32 Å². The largest absolute Gasteiger partial charge is 0.503 e. The molecule has 0 atom stereocenters. The molecule has 3 N–H and O–H groups in total. The number of carbonyl (C=O) groups is 2. The van der Waals surface area contributed by atoms with Crippen molar-refractivity contribution in [3.63, 3.8) is 0 Å². The first kappa shape index (κ1) is 20.0. The maximum atomic E-state index is 12.2. The SMILES string of the molecule is CCC1CCC(NC(=O)Cc2ccc(C)cc2C)CC1.O=C(O)O. The number of carboxylic acid groups (broad SMARTS) is 2. The third-order valence-electron chi connectivity index (χ3n) is 4.64. The number of rotatable bonds is 4. The van der Waals surface area contributed by atoms with Gasteiger partial charge in [0.25, 0.3) is 0 Å². The molecule has 0 bridgehead atoms. The van der Waals surface area contributed by atoms with Crippen LogP contribution in [0.15, 0.2) is 18.2 Å². The molecule has 0 saturated heterocycles. The number of hydrogen-bond donors (Lipinski definition) is 3. The molecule has 1 amide bonds. The van der Waals surface area contributed by atoms with Gasteiger partial charge in [0.2, 0.25) is 5.91 Å². The molecule has 1 aliphatic carbocycles. The number of aryl methyl sites for hydroxylation is 2. The van der Waals surface area contributed by atoms with Crippen LogP contribution >= 0.6 is 0 Å². The highest BCUT2D eigenvalue weighted by molar-refractivity contribution is 5.79. The van der Waals surface area contributed by atoms with Gasteiger partial charge in [0.05, 0.1) is 6.42 Å². The van der Waals surface area contributed by atoms with Crippen molar-refractivity contribution in [3.8, 4) is 0 Å². The minimum atomic E-state index is -1.83. The molecular formula is C19H29NO4. The first-order valence-corrected chi connectivity index (χ1v) is 8.59. The lowest BCUT2D eigenvalue weighted by Gasteiger charge is -2.28. The minimum absolute atomic E-state index is 0.178. The van der Waals surface area contributed by atoms with E-state index in [9.17, 15) is 4.79 Å². The van der Waals surface area contributed by atoms with Gasteiger partial charge < -0.3 is 15.5 Å². The van der Waals surface area contributed by atoms with E-state index in [1.807, 2.05) is 0 Å². The second-order valence-corrected chi connectivity index (χ2v) is 6.58. The van der Waals surface area contributed by atoms with Gasteiger partial charge in [-0.15, -0.1) is 0 Å². The van der Waals surface area contributed by atoms with Gasteiger partial charge in [-0.1, -0.05) is 37.1 Å². The summed E-state index contributed by atoms with van der Waals surface area (Å²) in [6.07, 6.45) is 4.80. The maximum absolute atomic E-state index is 12.2. The van der Waals surface area contributed by atoms with E-state index in [-0.39, 0.29) is 5.91 Å². The average molecular weight is 335 g/mol. The highest BCUT2D eigenvalue weighted by Crippen LogP contribution is 2.26. The fourth-order valence-corrected chi connectivity index (χ4v) is 3.21. The van der Waals surface area contributed by atoms with Gasteiger partial charge in [-0.2, -0.15) is 0 Å². The van der Waals surface area contributed by atoms with Gasteiger partial charge in [0, 0.05) is 6.04 Å². The molecule has 0 heterocycles. The minimum Gasteiger partial charge on any atom is -0.450 e. The van der Waals surface area contributed by atoms with Crippen LogP contribution in [0, 0.1) is 19.8 Å². The molecule has 0 spiro atoms. The Labute approximate surface area is 144 Å². The summed E-state index contributed by atoms with van der Waals surface area (Å²) in [5.74, 6) is 1.05. The first-order chi connectivity index (χ1) is 11.3. The van der Waals surface area contributed by atoms with Gasteiger partial charge in [0.15, 0.2) is 0 Å². The Morgan fingerprint density at radius 1 is 1.12 bits per heavy atom. The summed E-state index contributed by atoms with van der Waals surface area (Å²) < 4.78 is 0. The first-order valence-electron chi connectivity index (χ1n) is 8.59. The van der Waals surface area contributed by atoms with Crippen molar-refractivity contribution in [1.29, 1.82) is 0 Å². The van der Waals surface area contributed by atoms with E-state index in [4.69, 9.17) is 15.0 Å². The zero-order valence-corrected chi connectivity index (χ0v) is 14.8. The van der Waals surface area contributed by atoms with Gasteiger partial charge in [-0.05, 0) is 56.6 Å². The van der Waals surface area contributed by atoms with Crippen LogP contribution in [-0.2, 0) is 11.2 Å². The zero-order valence-electron chi connectivity index (χ0n) is 14.8. The fourth-order valence-electron chi connectivity index (χ4n) is 3.21. The van der Waals surface area contributed by atoms with Crippen molar-refractivity contribution in [3.05, 3.63) is 34.9 Å². The van der Waals surface area contributed by atoms with Crippen LogP contribution in [0.4, 0.5) is 4.79 Å².